The molecule has 8 nitrogen and oxygen atoms in total. The van der Waals surface area contributed by atoms with E-state index in [0.29, 0.717) is 0 Å². The summed E-state index contributed by atoms with van der Waals surface area (Å²) in [4.78, 5) is 0. The van der Waals surface area contributed by atoms with Gasteiger partial charge in [-0.3, -0.25) is 4.18 Å². The van der Waals surface area contributed by atoms with Gasteiger partial charge < -0.3 is 34.8 Å². The van der Waals surface area contributed by atoms with E-state index in [1.807, 2.05) is 0 Å². The molecule has 0 amide bonds. The van der Waals surface area contributed by atoms with Crippen LogP contribution >= 0.6 is 10.9 Å². The standard InChI is InChI=1S/C10H18N2O6S/c1-9(2)16-7-8(17-9)15-6(3-11)10(7)5(12)4-19(13,14)18-10/h4,6-8,13-14H,3,11-12H2,1-2H3/t6-,7+,8-,10-/m1/s1. The van der Waals surface area contributed by atoms with Crippen molar-refractivity contribution >= 4 is 10.9 Å². The summed E-state index contributed by atoms with van der Waals surface area (Å²) in [6.07, 6.45) is -2.06. The monoisotopic (exact) mass is 294 g/mol. The molecule has 110 valence electrons. The molecule has 0 bridgehead atoms. The molecule has 3 rings (SSSR count). The molecule has 9 heteroatoms. The first-order chi connectivity index (χ1) is 8.70. The molecule has 0 aliphatic carbocycles. The maximum atomic E-state index is 9.72. The topological polar surface area (TPSA) is 129 Å². The van der Waals surface area contributed by atoms with E-state index in [4.69, 9.17) is 29.9 Å². The SMILES string of the molecule is CC1(C)O[C@H]2O[C@H](CN)[C@@]3(OS(O)(O)C=C3N)[C@H]2O1. The van der Waals surface area contributed by atoms with Crippen LogP contribution in [0, 0.1) is 0 Å². The fraction of sp³-hybridized carbons (Fsp3) is 0.800. The second-order valence-electron chi connectivity index (χ2n) is 5.27. The van der Waals surface area contributed by atoms with Crippen LogP contribution in [-0.4, -0.2) is 45.5 Å². The lowest BCUT2D eigenvalue weighted by Crippen LogP contribution is -2.54. The van der Waals surface area contributed by atoms with Gasteiger partial charge in [0.1, 0.15) is 17.0 Å². The molecule has 0 aromatic heterocycles. The summed E-state index contributed by atoms with van der Waals surface area (Å²) < 4.78 is 41.8. The number of hydrogen-bond acceptors (Lipinski definition) is 8. The smallest absolute Gasteiger partial charge is 0.191 e. The van der Waals surface area contributed by atoms with Crippen molar-refractivity contribution in [2.75, 3.05) is 6.54 Å². The number of fused-ring (bicyclic) bond motifs is 2. The van der Waals surface area contributed by atoms with E-state index in [1.54, 1.807) is 13.8 Å². The third kappa shape index (κ3) is 1.82. The highest BCUT2D eigenvalue weighted by molar-refractivity contribution is 8.23. The average Bonchev–Trinajstić information content (AvgIpc) is 2.78. The van der Waals surface area contributed by atoms with Gasteiger partial charge in [-0.05, 0) is 13.8 Å². The van der Waals surface area contributed by atoms with Gasteiger partial charge in [0.15, 0.2) is 23.8 Å². The minimum absolute atomic E-state index is 0.0875. The molecule has 0 aromatic rings. The van der Waals surface area contributed by atoms with Crippen LogP contribution in [0.2, 0.25) is 0 Å². The van der Waals surface area contributed by atoms with E-state index >= 15 is 0 Å². The lowest BCUT2D eigenvalue weighted by atomic mass is 9.89. The Labute approximate surface area is 112 Å². The summed E-state index contributed by atoms with van der Waals surface area (Å²) in [6.45, 7) is 3.55. The zero-order chi connectivity index (χ0) is 14.1. The Hall–Kier alpha value is -0.390. The molecule has 0 aromatic carbocycles. The largest absolute Gasteiger partial charge is 0.399 e. The van der Waals surface area contributed by atoms with Gasteiger partial charge in [-0.1, -0.05) is 0 Å². The number of hydrogen-bond donors (Lipinski definition) is 4. The van der Waals surface area contributed by atoms with Crippen LogP contribution in [0.5, 0.6) is 0 Å². The molecule has 6 N–H and O–H groups in total. The lowest BCUT2D eigenvalue weighted by molar-refractivity contribution is -0.219. The second kappa shape index (κ2) is 3.83. The third-order valence-corrected chi connectivity index (χ3v) is 4.55. The van der Waals surface area contributed by atoms with Gasteiger partial charge >= 0.3 is 0 Å². The van der Waals surface area contributed by atoms with Crippen molar-refractivity contribution in [3.63, 3.8) is 0 Å². The Morgan fingerprint density at radius 3 is 2.58 bits per heavy atom. The molecule has 0 radical (unpaired) electrons. The van der Waals surface area contributed by atoms with Crippen LogP contribution in [0.25, 0.3) is 0 Å². The van der Waals surface area contributed by atoms with Gasteiger partial charge in [0, 0.05) is 12.0 Å². The summed E-state index contributed by atoms with van der Waals surface area (Å²) in [5.41, 5.74) is 10.4. The highest BCUT2D eigenvalue weighted by Crippen LogP contribution is 2.60. The lowest BCUT2D eigenvalue weighted by Gasteiger charge is -2.36. The summed E-state index contributed by atoms with van der Waals surface area (Å²) in [5, 5.41) is 1.09. The first-order valence-electron chi connectivity index (χ1n) is 5.88. The Balaban J connectivity index is 2.01. The van der Waals surface area contributed by atoms with Crippen LogP contribution in [-0.2, 0) is 18.4 Å². The Kier molecular flexibility index (Phi) is 2.74. The van der Waals surface area contributed by atoms with Crippen LogP contribution in [0.4, 0.5) is 0 Å². The van der Waals surface area contributed by atoms with Crippen molar-refractivity contribution in [3.8, 4) is 0 Å². The van der Waals surface area contributed by atoms with Gasteiger partial charge in [0.2, 0.25) is 0 Å². The highest BCUT2D eigenvalue weighted by atomic mass is 32.3. The molecule has 19 heavy (non-hydrogen) atoms. The predicted octanol–water partition coefficient (Wildman–Crippen LogP) is 0.0562. The zero-order valence-electron chi connectivity index (χ0n) is 10.6. The fourth-order valence-corrected chi connectivity index (χ4v) is 4.05. The minimum Gasteiger partial charge on any atom is -0.399 e. The van der Waals surface area contributed by atoms with E-state index < -0.39 is 40.8 Å². The van der Waals surface area contributed by atoms with E-state index in [0.717, 1.165) is 5.41 Å². The van der Waals surface area contributed by atoms with E-state index in [9.17, 15) is 9.11 Å². The van der Waals surface area contributed by atoms with Crippen LogP contribution in [0.15, 0.2) is 11.1 Å². The van der Waals surface area contributed by atoms with Crippen LogP contribution in [0.1, 0.15) is 13.8 Å². The minimum atomic E-state index is -3.36. The summed E-state index contributed by atoms with van der Waals surface area (Å²) >= 11 is 0. The second-order valence-corrected chi connectivity index (χ2v) is 6.75. The molecule has 4 atom stereocenters. The first-order valence-corrected chi connectivity index (χ1v) is 7.41. The van der Waals surface area contributed by atoms with Gasteiger partial charge in [0.25, 0.3) is 0 Å². The summed E-state index contributed by atoms with van der Waals surface area (Å²) in [5.74, 6) is -0.864. The maximum Gasteiger partial charge on any atom is 0.191 e. The molecular formula is C10H18N2O6S. The van der Waals surface area contributed by atoms with Gasteiger partial charge in [-0.15, -0.1) is 0 Å². The molecule has 3 aliphatic rings. The molecule has 0 saturated carbocycles. The maximum absolute atomic E-state index is 9.72. The average molecular weight is 294 g/mol. The van der Waals surface area contributed by atoms with Crippen molar-refractivity contribution in [3.05, 3.63) is 11.1 Å². The Morgan fingerprint density at radius 2 is 2.05 bits per heavy atom. The van der Waals surface area contributed by atoms with Crippen molar-refractivity contribution in [2.45, 2.75) is 43.7 Å². The van der Waals surface area contributed by atoms with Crippen molar-refractivity contribution < 1.29 is 27.5 Å². The molecular weight excluding hydrogens is 276 g/mol. The Morgan fingerprint density at radius 1 is 1.37 bits per heavy atom. The predicted molar refractivity (Wildman–Crippen MR) is 66.7 cm³/mol. The number of nitrogens with two attached hydrogens (primary N) is 2. The molecule has 2 saturated heterocycles. The third-order valence-electron chi connectivity index (χ3n) is 3.46. The Bertz CT molecular complexity index is 442. The molecule has 1 spiro atoms. The molecule has 0 unspecified atom stereocenters. The van der Waals surface area contributed by atoms with E-state index in [1.165, 1.54) is 0 Å². The molecule has 3 heterocycles. The van der Waals surface area contributed by atoms with Crippen molar-refractivity contribution in [1.82, 2.24) is 0 Å². The van der Waals surface area contributed by atoms with Crippen LogP contribution in [0.3, 0.4) is 0 Å². The normalized spacial score (nSPS) is 48.3. The quantitative estimate of drug-likeness (QED) is 0.534. The van der Waals surface area contributed by atoms with Crippen LogP contribution < -0.4 is 11.5 Å². The van der Waals surface area contributed by atoms with Gasteiger partial charge in [0.05, 0.1) is 5.70 Å². The number of rotatable bonds is 1. The fourth-order valence-electron chi connectivity index (χ4n) is 2.78. The van der Waals surface area contributed by atoms with E-state index in [-0.39, 0.29) is 12.2 Å². The molecule has 2 fully saturated rings. The molecule has 3 aliphatic heterocycles. The van der Waals surface area contributed by atoms with Gasteiger partial charge in [-0.25, -0.2) is 0 Å². The van der Waals surface area contributed by atoms with Crippen molar-refractivity contribution in [2.24, 2.45) is 11.5 Å². The summed E-state index contributed by atoms with van der Waals surface area (Å²) in [7, 11) is -3.36. The first kappa shape index (κ1) is 13.6. The summed E-state index contributed by atoms with van der Waals surface area (Å²) in [6, 6.07) is 0. The number of ether oxygens (including phenoxy) is 3. The zero-order valence-corrected chi connectivity index (χ0v) is 11.4. The van der Waals surface area contributed by atoms with E-state index in [2.05, 4.69) is 0 Å². The highest BCUT2D eigenvalue weighted by Gasteiger charge is 2.69. The van der Waals surface area contributed by atoms with Gasteiger partial charge in [-0.2, -0.15) is 0 Å². The van der Waals surface area contributed by atoms with Crippen molar-refractivity contribution in [1.29, 1.82) is 0 Å².